The number of nitrogens with zero attached hydrogens (tertiary/aromatic N) is 2. The Balaban J connectivity index is 2.00. The molecule has 2 atom stereocenters. The summed E-state index contributed by atoms with van der Waals surface area (Å²) in [6, 6.07) is 1.94. The molecule has 4 nitrogen and oxygen atoms in total. The minimum absolute atomic E-state index is 0.546. The van der Waals surface area contributed by atoms with Gasteiger partial charge in [0.15, 0.2) is 0 Å². The Bertz CT molecular complexity index is 364. The zero-order chi connectivity index (χ0) is 13.0. The molecule has 0 radical (unpaired) electrons. The molecule has 1 aliphatic rings. The monoisotopic (exact) mass is 251 g/mol. The summed E-state index contributed by atoms with van der Waals surface area (Å²) >= 11 is 0. The molecular weight excluding hydrogens is 226 g/mol. The molecule has 1 aliphatic heterocycles. The van der Waals surface area contributed by atoms with E-state index in [-0.39, 0.29) is 0 Å². The van der Waals surface area contributed by atoms with Gasteiger partial charge >= 0.3 is 0 Å². The van der Waals surface area contributed by atoms with Crippen molar-refractivity contribution in [2.75, 3.05) is 11.4 Å². The average Bonchev–Trinajstić information content (AvgIpc) is 2.96. The van der Waals surface area contributed by atoms with Gasteiger partial charge in [0.05, 0.1) is 5.69 Å². The number of anilines is 1. The number of hydrogen-bond donors (Lipinski definition) is 1. The number of hydrogen-bond acceptors (Lipinski definition) is 4. The molecule has 2 rings (SSSR count). The minimum Gasteiger partial charge on any atom is -0.432 e. The molecule has 0 aromatic carbocycles. The van der Waals surface area contributed by atoms with Crippen LogP contribution in [0.5, 0.6) is 0 Å². The fourth-order valence-corrected chi connectivity index (χ4v) is 2.71. The summed E-state index contributed by atoms with van der Waals surface area (Å²) in [7, 11) is 0. The van der Waals surface area contributed by atoms with Crippen LogP contribution in [0.1, 0.15) is 52.1 Å². The van der Waals surface area contributed by atoms with Gasteiger partial charge < -0.3 is 14.6 Å². The quantitative estimate of drug-likeness (QED) is 0.789. The lowest BCUT2D eigenvalue weighted by molar-refractivity contribution is 0.498. The molecule has 4 heteroatoms. The highest BCUT2D eigenvalue weighted by Gasteiger charge is 2.32. The van der Waals surface area contributed by atoms with Crippen LogP contribution in [-0.4, -0.2) is 23.6 Å². The third-order valence-electron chi connectivity index (χ3n) is 3.75. The Labute approximate surface area is 110 Å². The van der Waals surface area contributed by atoms with Crippen molar-refractivity contribution in [1.29, 1.82) is 0 Å². The SMILES string of the molecule is CCCNCc1coc(N2C(C)CCC2CC)n1. The summed E-state index contributed by atoms with van der Waals surface area (Å²) in [6.45, 7) is 8.49. The van der Waals surface area contributed by atoms with Crippen molar-refractivity contribution in [3.05, 3.63) is 12.0 Å². The van der Waals surface area contributed by atoms with E-state index in [0.717, 1.165) is 37.6 Å². The number of aromatic nitrogens is 1. The van der Waals surface area contributed by atoms with Crippen LogP contribution >= 0.6 is 0 Å². The fourth-order valence-electron chi connectivity index (χ4n) is 2.71. The zero-order valence-corrected chi connectivity index (χ0v) is 11.8. The van der Waals surface area contributed by atoms with Gasteiger partial charge in [0.2, 0.25) is 0 Å². The van der Waals surface area contributed by atoms with Crippen molar-refractivity contribution in [3.63, 3.8) is 0 Å². The second-order valence-electron chi connectivity index (χ2n) is 5.19. The summed E-state index contributed by atoms with van der Waals surface area (Å²) in [6.07, 6.45) is 6.59. The van der Waals surface area contributed by atoms with Crippen molar-refractivity contribution in [3.8, 4) is 0 Å². The average molecular weight is 251 g/mol. The molecule has 102 valence electrons. The van der Waals surface area contributed by atoms with Gasteiger partial charge in [0.25, 0.3) is 6.01 Å². The van der Waals surface area contributed by atoms with Crippen molar-refractivity contribution >= 4 is 6.01 Å². The van der Waals surface area contributed by atoms with Gasteiger partial charge in [0.1, 0.15) is 6.26 Å². The first-order valence-electron chi connectivity index (χ1n) is 7.19. The molecular formula is C14H25N3O. The van der Waals surface area contributed by atoms with Gasteiger partial charge in [-0.05, 0) is 39.2 Å². The minimum atomic E-state index is 0.546. The summed E-state index contributed by atoms with van der Waals surface area (Å²) in [4.78, 5) is 6.96. The van der Waals surface area contributed by atoms with Crippen molar-refractivity contribution < 1.29 is 4.42 Å². The number of nitrogens with one attached hydrogen (secondary N) is 1. The maximum Gasteiger partial charge on any atom is 0.297 e. The number of oxazole rings is 1. The molecule has 1 saturated heterocycles. The van der Waals surface area contributed by atoms with Crippen LogP contribution in [0.3, 0.4) is 0 Å². The predicted octanol–water partition coefficient (Wildman–Crippen LogP) is 2.94. The zero-order valence-electron chi connectivity index (χ0n) is 11.8. The molecule has 0 amide bonds. The fraction of sp³-hybridized carbons (Fsp3) is 0.786. The Hall–Kier alpha value is -1.03. The molecule has 1 aromatic heterocycles. The topological polar surface area (TPSA) is 41.3 Å². The van der Waals surface area contributed by atoms with Gasteiger partial charge in [-0.25, -0.2) is 0 Å². The van der Waals surface area contributed by atoms with E-state index in [9.17, 15) is 0 Å². The van der Waals surface area contributed by atoms with E-state index in [0.29, 0.717) is 12.1 Å². The lowest BCUT2D eigenvalue weighted by Gasteiger charge is -2.25. The second-order valence-corrected chi connectivity index (χ2v) is 5.19. The maximum absolute atomic E-state index is 5.66. The van der Waals surface area contributed by atoms with Crippen LogP contribution in [-0.2, 0) is 6.54 Å². The van der Waals surface area contributed by atoms with E-state index >= 15 is 0 Å². The van der Waals surface area contributed by atoms with E-state index in [1.165, 1.54) is 12.8 Å². The van der Waals surface area contributed by atoms with E-state index in [1.54, 1.807) is 6.26 Å². The summed E-state index contributed by atoms with van der Waals surface area (Å²) in [5.74, 6) is 0. The molecule has 0 aliphatic carbocycles. The second kappa shape index (κ2) is 6.23. The molecule has 2 heterocycles. The van der Waals surface area contributed by atoms with Gasteiger partial charge in [0, 0.05) is 18.6 Å². The first-order valence-corrected chi connectivity index (χ1v) is 7.19. The Morgan fingerprint density at radius 1 is 1.44 bits per heavy atom. The summed E-state index contributed by atoms with van der Waals surface area (Å²) < 4.78 is 5.66. The Morgan fingerprint density at radius 3 is 3.00 bits per heavy atom. The Morgan fingerprint density at radius 2 is 2.28 bits per heavy atom. The smallest absolute Gasteiger partial charge is 0.297 e. The van der Waals surface area contributed by atoms with Crippen LogP contribution in [0.2, 0.25) is 0 Å². The van der Waals surface area contributed by atoms with Gasteiger partial charge in [-0.15, -0.1) is 0 Å². The third-order valence-corrected chi connectivity index (χ3v) is 3.75. The van der Waals surface area contributed by atoms with Crippen molar-refractivity contribution in [2.24, 2.45) is 0 Å². The largest absolute Gasteiger partial charge is 0.432 e. The highest BCUT2D eigenvalue weighted by Crippen LogP contribution is 2.31. The molecule has 1 fully saturated rings. The van der Waals surface area contributed by atoms with E-state index < -0.39 is 0 Å². The van der Waals surface area contributed by atoms with Gasteiger partial charge in [-0.2, -0.15) is 4.98 Å². The maximum atomic E-state index is 5.66. The molecule has 1 N–H and O–H groups in total. The van der Waals surface area contributed by atoms with Gasteiger partial charge in [-0.1, -0.05) is 13.8 Å². The molecule has 18 heavy (non-hydrogen) atoms. The highest BCUT2D eigenvalue weighted by molar-refractivity contribution is 5.33. The van der Waals surface area contributed by atoms with Crippen LogP contribution in [0, 0.1) is 0 Å². The van der Waals surface area contributed by atoms with Crippen LogP contribution in [0.4, 0.5) is 6.01 Å². The molecule has 2 unspecified atom stereocenters. The molecule has 0 spiro atoms. The van der Waals surface area contributed by atoms with E-state index in [4.69, 9.17) is 4.42 Å². The van der Waals surface area contributed by atoms with Gasteiger partial charge in [-0.3, -0.25) is 0 Å². The van der Waals surface area contributed by atoms with E-state index in [2.05, 4.69) is 36.0 Å². The lowest BCUT2D eigenvalue weighted by atomic mass is 10.2. The van der Waals surface area contributed by atoms with Crippen LogP contribution < -0.4 is 10.2 Å². The lowest BCUT2D eigenvalue weighted by Crippen LogP contribution is -2.34. The molecule has 0 bridgehead atoms. The Kier molecular flexibility index (Phi) is 4.64. The van der Waals surface area contributed by atoms with Crippen LogP contribution in [0.15, 0.2) is 10.7 Å². The summed E-state index contributed by atoms with van der Waals surface area (Å²) in [5.41, 5.74) is 1.01. The highest BCUT2D eigenvalue weighted by atomic mass is 16.4. The van der Waals surface area contributed by atoms with Crippen molar-refractivity contribution in [1.82, 2.24) is 10.3 Å². The van der Waals surface area contributed by atoms with E-state index in [1.807, 2.05) is 0 Å². The predicted molar refractivity (Wildman–Crippen MR) is 73.8 cm³/mol. The third kappa shape index (κ3) is 2.86. The van der Waals surface area contributed by atoms with Crippen molar-refractivity contribution in [2.45, 2.75) is 65.1 Å². The summed E-state index contributed by atoms with van der Waals surface area (Å²) in [5, 5.41) is 3.35. The number of rotatable bonds is 6. The van der Waals surface area contributed by atoms with Crippen LogP contribution in [0.25, 0.3) is 0 Å². The molecule has 0 saturated carbocycles. The molecule has 1 aromatic rings. The normalized spacial score (nSPS) is 23.8. The first kappa shape index (κ1) is 13.4. The first-order chi connectivity index (χ1) is 8.76. The standard InChI is InChI=1S/C14H25N3O/c1-4-8-15-9-12-10-18-14(16-12)17-11(3)6-7-13(17)5-2/h10-11,13,15H,4-9H2,1-3H3.